The average Bonchev–Trinajstić information content (AvgIpc) is 3.30. The Kier molecular flexibility index (Phi) is 4.25. The third-order valence-electron chi connectivity index (χ3n) is 4.68. The zero-order valence-corrected chi connectivity index (χ0v) is 12.4. The first kappa shape index (κ1) is 13.9. The molecule has 1 aliphatic carbocycles. The van der Waals surface area contributed by atoms with Gasteiger partial charge in [0.1, 0.15) is 5.82 Å². The molecule has 1 heterocycles. The van der Waals surface area contributed by atoms with Crippen LogP contribution in [0.4, 0.5) is 10.1 Å². The van der Waals surface area contributed by atoms with Gasteiger partial charge in [-0.15, -0.1) is 0 Å². The van der Waals surface area contributed by atoms with Crippen molar-refractivity contribution in [1.29, 1.82) is 0 Å². The van der Waals surface area contributed by atoms with Crippen molar-refractivity contribution in [2.45, 2.75) is 51.6 Å². The van der Waals surface area contributed by atoms with Crippen LogP contribution < -0.4 is 10.2 Å². The van der Waals surface area contributed by atoms with Crippen molar-refractivity contribution in [1.82, 2.24) is 5.32 Å². The van der Waals surface area contributed by atoms with Crippen LogP contribution in [0.15, 0.2) is 18.2 Å². The van der Waals surface area contributed by atoms with Gasteiger partial charge >= 0.3 is 0 Å². The number of hydrogen-bond donors (Lipinski definition) is 1. The molecule has 0 aromatic heterocycles. The van der Waals surface area contributed by atoms with Crippen molar-refractivity contribution in [2.75, 3.05) is 18.0 Å². The van der Waals surface area contributed by atoms with Crippen LogP contribution in [0.3, 0.4) is 0 Å². The molecule has 1 N–H and O–H groups in total. The van der Waals surface area contributed by atoms with E-state index >= 15 is 0 Å². The molecular weight excluding hydrogens is 251 g/mol. The monoisotopic (exact) mass is 276 g/mol. The molecule has 2 aliphatic rings. The van der Waals surface area contributed by atoms with Gasteiger partial charge in [-0.2, -0.15) is 0 Å². The number of halogens is 1. The number of hydrogen-bond acceptors (Lipinski definition) is 2. The van der Waals surface area contributed by atoms with Gasteiger partial charge in [0.05, 0.1) is 0 Å². The molecule has 1 saturated carbocycles. The summed E-state index contributed by atoms with van der Waals surface area (Å²) in [6.45, 7) is 5.07. The number of piperidine rings is 1. The maximum Gasteiger partial charge on any atom is 0.129 e. The van der Waals surface area contributed by atoms with Crippen LogP contribution in [0.1, 0.15) is 44.6 Å². The summed E-state index contributed by atoms with van der Waals surface area (Å²) < 4.78 is 14.2. The van der Waals surface area contributed by atoms with Gasteiger partial charge in [0.2, 0.25) is 0 Å². The Bertz CT molecular complexity index is 456. The molecule has 0 amide bonds. The third-order valence-corrected chi connectivity index (χ3v) is 4.68. The number of nitrogens with zero attached hydrogens (tertiary/aromatic N) is 1. The largest absolute Gasteiger partial charge is 0.371 e. The molecule has 1 saturated heterocycles. The minimum Gasteiger partial charge on any atom is -0.371 e. The van der Waals surface area contributed by atoms with Crippen LogP contribution in [0.25, 0.3) is 0 Å². The SMILES string of the molecule is CCC1CCCN(c2cccc(F)c2CNC2CC2)C1. The Morgan fingerprint density at radius 1 is 1.30 bits per heavy atom. The van der Waals surface area contributed by atoms with Crippen molar-refractivity contribution >= 4 is 5.69 Å². The molecule has 3 heteroatoms. The number of anilines is 1. The molecule has 0 bridgehead atoms. The normalized spacial score (nSPS) is 23.1. The summed E-state index contributed by atoms with van der Waals surface area (Å²) in [5, 5.41) is 3.45. The lowest BCUT2D eigenvalue weighted by Gasteiger charge is -2.35. The highest BCUT2D eigenvalue weighted by Gasteiger charge is 2.24. The fourth-order valence-electron chi connectivity index (χ4n) is 3.17. The molecule has 0 spiro atoms. The van der Waals surface area contributed by atoms with Crippen LogP contribution in [0, 0.1) is 11.7 Å². The molecule has 1 aromatic rings. The molecular formula is C17H25FN2. The Morgan fingerprint density at radius 3 is 2.90 bits per heavy atom. The van der Waals surface area contributed by atoms with Gasteiger partial charge in [0.15, 0.2) is 0 Å². The van der Waals surface area contributed by atoms with Gasteiger partial charge < -0.3 is 10.2 Å². The molecule has 1 aromatic carbocycles. The standard InChI is InChI=1S/C17H25FN2/c1-2-13-5-4-10-20(12-13)17-7-3-6-16(18)15(17)11-19-14-8-9-14/h3,6-7,13-14,19H,2,4-5,8-12H2,1H3. The van der Waals surface area contributed by atoms with E-state index in [1.807, 2.05) is 6.07 Å². The maximum absolute atomic E-state index is 14.2. The van der Waals surface area contributed by atoms with Gasteiger partial charge in [0.25, 0.3) is 0 Å². The lowest BCUT2D eigenvalue weighted by molar-refractivity contribution is 0.403. The molecule has 20 heavy (non-hydrogen) atoms. The quantitative estimate of drug-likeness (QED) is 0.882. The van der Waals surface area contributed by atoms with Crippen LogP contribution >= 0.6 is 0 Å². The van der Waals surface area contributed by atoms with Gasteiger partial charge in [0, 0.05) is 36.9 Å². The third kappa shape index (κ3) is 3.14. The van der Waals surface area contributed by atoms with Crippen molar-refractivity contribution in [3.05, 3.63) is 29.6 Å². The zero-order chi connectivity index (χ0) is 13.9. The molecule has 1 unspecified atom stereocenters. The molecule has 0 radical (unpaired) electrons. The predicted octanol–water partition coefficient (Wildman–Crippen LogP) is 3.70. The highest BCUT2D eigenvalue weighted by atomic mass is 19.1. The summed E-state index contributed by atoms with van der Waals surface area (Å²) in [7, 11) is 0. The van der Waals surface area contributed by atoms with Gasteiger partial charge in [-0.05, 0) is 43.7 Å². The van der Waals surface area contributed by atoms with Crippen molar-refractivity contribution < 1.29 is 4.39 Å². The summed E-state index contributed by atoms with van der Waals surface area (Å²) in [6.07, 6.45) is 6.25. The number of nitrogens with one attached hydrogen (secondary N) is 1. The lowest BCUT2D eigenvalue weighted by Crippen LogP contribution is -2.36. The minimum atomic E-state index is -0.0609. The second-order valence-corrected chi connectivity index (χ2v) is 6.26. The van der Waals surface area contributed by atoms with E-state index in [2.05, 4.69) is 23.2 Å². The predicted molar refractivity (Wildman–Crippen MR) is 81.5 cm³/mol. The minimum absolute atomic E-state index is 0.0609. The van der Waals surface area contributed by atoms with E-state index in [4.69, 9.17) is 0 Å². The molecule has 3 rings (SSSR count). The fourth-order valence-corrected chi connectivity index (χ4v) is 3.17. The van der Waals surface area contributed by atoms with E-state index in [1.54, 1.807) is 6.07 Å². The van der Waals surface area contributed by atoms with Gasteiger partial charge in [-0.1, -0.05) is 19.4 Å². The summed E-state index contributed by atoms with van der Waals surface area (Å²) in [4.78, 5) is 2.39. The van der Waals surface area contributed by atoms with E-state index in [-0.39, 0.29) is 5.82 Å². The lowest BCUT2D eigenvalue weighted by atomic mass is 9.94. The summed E-state index contributed by atoms with van der Waals surface area (Å²) >= 11 is 0. The van der Waals surface area contributed by atoms with E-state index in [0.29, 0.717) is 12.6 Å². The van der Waals surface area contributed by atoms with E-state index in [0.717, 1.165) is 30.3 Å². The Morgan fingerprint density at radius 2 is 2.15 bits per heavy atom. The highest BCUT2D eigenvalue weighted by Crippen LogP contribution is 2.30. The average molecular weight is 276 g/mol. The number of benzene rings is 1. The van der Waals surface area contributed by atoms with Crippen molar-refractivity contribution in [3.63, 3.8) is 0 Å². The summed E-state index contributed by atoms with van der Waals surface area (Å²) in [6, 6.07) is 6.15. The molecule has 2 fully saturated rings. The van der Waals surface area contributed by atoms with Crippen LogP contribution in [-0.4, -0.2) is 19.1 Å². The molecule has 110 valence electrons. The Labute approximate surface area is 121 Å². The Hall–Kier alpha value is -1.09. The molecule has 2 nitrogen and oxygen atoms in total. The summed E-state index contributed by atoms with van der Waals surface area (Å²) in [5.41, 5.74) is 1.97. The number of rotatable bonds is 5. The smallest absolute Gasteiger partial charge is 0.129 e. The summed E-state index contributed by atoms with van der Waals surface area (Å²) in [5.74, 6) is 0.700. The zero-order valence-electron chi connectivity index (χ0n) is 12.4. The van der Waals surface area contributed by atoms with E-state index in [1.165, 1.54) is 32.1 Å². The second kappa shape index (κ2) is 6.13. The first-order valence-electron chi connectivity index (χ1n) is 8.03. The molecule has 1 atom stereocenters. The van der Waals surface area contributed by atoms with Crippen molar-refractivity contribution in [2.24, 2.45) is 5.92 Å². The maximum atomic E-state index is 14.2. The molecule has 1 aliphatic heterocycles. The van der Waals surface area contributed by atoms with Crippen LogP contribution in [0.2, 0.25) is 0 Å². The van der Waals surface area contributed by atoms with E-state index in [9.17, 15) is 4.39 Å². The topological polar surface area (TPSA) is 15.3 Å². The Balaban J connectivity index is 1.77. The van der Waals surface area contributed by atoms with Crippen molar-refractivity contribution in [3.8, 4) is 0 Å². The van der Waals surface area contributed by atoms with Gasteiger partial charge in [-0.3, -0.25) is 0 Å². The highest BCUT2D eigenvalue weighted by molar-refractivity contribution is 5.54. The van der Waals surface area contributed by atoms with Crippen LogP contribution in [0.5, 0.6) is 0 Å². The van der Waals surface area contributed by atoms with E-state index < -0.39 is 0 Å². The second-order valence-electron chi connectivity index (χ2n) is 6.26. The first-order chi connectivity index (χ1) is 9.78. The fraction of sp³-hybridized carbons (Fsp3) is 0.647. The van der Waals surface area contributed by atoms with Gasteiger partial charge in [-0.25, -0.2) is 4.39 Å². The first-order valence-corrected chi connectivity index (χ1v) is 8.03. The van der Waals surface area contributed by atoms with Crippen LogP contribution in [-0.2, 0) is 6.54 Å².